The number of carbonyl (C=O) groups excluding carboxylic acids is 1. The molecule has 8 heteroatoms. The number of pyridine rings is 1. The normalized spacial score (nSPS) is 11.4. The van der Waals surface area contributed by atoms with Gasteiger partial charge in [0.1, 0.15) is 5.82 Å². The molecule has 0 aliphatic carbocycles. The number of nitrogens with zero attached hydrogens (tertiary/aromatic N) is 3. The Morgan fingerprint density at radius 2 is 1.76 bits per heavy atom. The highest BCUT2D eigenvalue weighted by Crippen LogP contribution is 2.27. The predicted octanol–water partition coefficient (Wildman–Crippen LogP) is 5.38. The highest BCUT2D eigenvalue weighted by Gasteiger charge is 2.22. The van der Waals surface area contributed by atoms with Crippen LogP contribution in [0.3, 0.4) is 0 Å². The van der Waals surface area contributed by atoms with E-state index in [2.05, 4.69) is 36.4 Å². The summed E-state index contributed by atoms with van der Waals surface area (Å²) in [6, 6.07) is 18.3. The van der Waals surface area contributed by atoms with Crippen molar-refractivity contribution in [1.82, 2.24) is 14.8 Å². The summed E-state index contributed by atoms with van der Waals surface area (Å²) in [5.74, 6) is -0.340. The van der Waals surface area contributed by atoms with Gasteiger partial charge in [-0.3, -0.25) is 15.1 Å². The number of hydrogen-bond donors (Lipinski definition) is 3. The minimum absolute atomic E-state index is 0.0440. The number of aliphatic carboxylic acids is 1. The molecule has 8 nitrogen and oxygen atoms in total. The number of carbonyl (C=O) groups is 2. The van der Waals surface area contributed by atoms with Crippen molar-refractivity contribution in [2.45, 2.75) is 39.0 Å². The summed E-state index contributed by atoms with van der Waals surface area (Å²) < 4.78 is 1.67. The molecule has 0 aliphatic rings. The Morgan fingerprint density at radius 1 is 1.00 bits per heavy atom. The fourth-order valence-corrected chi connectivity index (χ4v) is 3.60. The molecule has 34 heavy (non-hydrogen) atoms. The number of fused-ring (bicyclic) bond motifs is 1. The van der Waals surface area contributed by atoms with E-state index in [1.165, 1.54) is 0 Å². The van der Waals surface area contributed by atoms with E-state index in [1.807, 2.05) is 54.6 Å². The van der Waals surface area contributed by atoms with Crippen LogP contribution in [0.4, 0.5) is 16.3 Å². The molecule has 4 aromatic rings. The molecule has 0 bridgehead atoms. The molecule has 174 valence electrons. The summed E-state index contributed by atoms with van der Waals surface area (Å²) in [6.45, 7) is 6.15. The highest BCUT2D eigenvalue weighted by molar-refractivity contribution is 6.04. The maximum absolute atomic E-state index is 13.0. The zero-order valence-corrected chi connectivity index (χ0v) is 19.4. The first kappa shape index (κ1) is 23.0. The monoisotopic (exact) mass is 457 g/mol. The number of carboxylic acid groups (broad SMARTS) is 1. The number of para-hydroxylation sites is 1. The molecule has 0 spiro atoms. The van der Waals surface area contributed by atoms with Crippen LogP contribution in [-0.2, 0) is 16.6 Å². The Kier molecular flexibility index (Phi) is 6.32. The van der Waals surface area contributed by atoms with Crippen LogP contribution < -0.4 is 10.6 Å². The number of carboxylic acids is 1. The third kappa shape index (κ3) is 5.23. The maximum Gasteiger partial charge on any atom is 0.324 e. The standard InChI is InChI=1S/C26H27N5O3/c1-26(2,3)21-16-22(31(30-21)19-10-4-7-17(15-19)12-13-23(32)33)29-25(34)28-20-11-5-8-18-9-6-14-27-24(18)20/h4-11,14-16H,12-13H2,1-3H3,(H,32,33)(H2,28,29,34). The third-order valence-electron chi connectivity index (χ3n) is 5.38. The zero-order valence-electron chi connectivity index (χ0n) is 19.4. The third-order valence-corrected chi connectivity index (χ3v) is 5.38. The van der Waals surface area contributed by atoms with Gasteiger partial charge in [0.2, 0.25) is 0 Å². The van der Waals surface area contributed by atoms with E-state index >= 15 is 0 Å². The Hall–Kier alpha value is -4.20. The fourth-order valence-electron chi connectivity index (χ4n) is 3.60. The van der Waals surface area contributed by atoms with Crippen molar-refractivity contribution >= 4 is 34.4 Å². The van der Waals surface area contributed by atoms with Crippen molar-refractivity contribution < 1.29 is 14.7 Å². The van der Waals surface area contributed by atoms with Gasteiger partial charge in [-0.25, -0.2) is 9.48 Å². The van der Waals surface area contributed by atoms with Crippen LogP contribution in [0.5, 0.6) is 0 Å². The molecule has 2 aromatic carbocycles. The van der Waals surface area contributed by atoms with Gasteiger partial charge in [-0.2, -0.15) is 5.10 Å². The number of hydrogen-bond acceptors (Lipinski definition) is 4. The predicted molar refractivity (Wildman–Crippen MR) is 133 cm³/mol. The van der Waals surface area contributed by atoms with Crippen molar-refractivity contribution in [2.75, 3.05) is 10.6 Å². The van der Waals surface area contributed by atoms with E-state index < -0.39 is 12.0 Å². The summed E-state index contributed by atoms with van der Waals surface area (Å²) >= 11 is 0. The van der Waals surface area contributed by atoms with Gasteiger partial charge in [0.15, 0.2) is 0 Å². The average Bonchev–Trinajstić information content (AvgIpc) is 3.22. The summed E-state index contributed by atoms with van der Waals surface area (Å²) in [5.41, 5.74) is 3.50. The second kappa shape index (κ2) is 9.35. The minimum atomic E-state index is -0.846. The van der Waals surface area contributed by atoms with E-state index in [-0.39, 0.29) is 11.8 Å². The first-order valence-electron chi connectivity index (χ1n) is 11.0. The van der Waals surface area contributed by atoms with Gasteiger partial charge in [-0.15, -0.1) is 0 Å². The molecular formula is C26H27N5O3. The van der Waals surface area contributed by atoms with Gasteiger partial charge in [0.25, 0.3) is 0 Å². The van der Waals surface area contributed by atoms with Gasteiger partial charge in [-0.05, 0) is 36.2 Å². The number of nitrogens with one attached hydrogen (secondary N) is 2. The number of amides is 2. The molecular weight excluding hydrogens is 430 g/mol. The van der Waals surface area contributed by atoms with Crippen LogP contribution in [0.1, 0.15) is 38.4 Å². The lowest BCUT2D eigenvalue weighted by molar-refractivity contribution is -0.136. The molecule has 2 heterocycles. The lowest BCUT2D eigenvalue weighted by atomic mass is 9.92. The number of anilines is 2. The minimum Gasteiger partial charge on any atom is -0.481 e. The number of aromatic nitrogens is 3. The SMILES string of the molecule is CC(C)(C)c1cc(NC(=O)Nc2cccc3cccnc23)n(-c2cccc(CCC(=O)O)c2)n1. The number of rotatable bonds is 6. The maximum atomic E-state index is 13.0. The Bertz CT molecular complexity index is 1350. The molecule has 0 fully saturated rings. The van der Waals surface area contributed by atoms with Crippen LogP contribution >= 0.6 is 0 Å². The summed E-state index contributed by atoms with van der Waals surface area (Å²) in [7, 11) is 0. The molecule has 0 aliphatic heterocycles. The summed E-state index contributed by atoms with van der Waals surface area (Å²) in [5, 5.41) is 20.5. The number of aryl methyl sites for hydroxylation is 1. The second-order valence-corrected chi connectivity index (χ2v) is 9.10. The first-order chi connectivity index (χ1) is 16.2. The smallest absolute Gasteiger partial charge is 0.324 e. The van der Waals surface area contributed by atoms with Crippen molar-refractivity contribution in [3.63, 3.8) is 0 Å². The molecule has 0 unspecified atom stereocenters. The van der Waals surface area contributed by atoms with Gasteiger partial charge < -0.3 is 10.4 Å². The topological polar surface area (TPSA) is 109 Å². The Balaban J connectivity index is 1.64. The van der Waals surface area contributed by atoms with Crippen LogP contribution in [0.15, 0.2) is 66.9 Å². The van der Waals surface area contributed by atoms with E-state index in [0.29, 0.717) is 23.4 Å². The summed E-state index contributed by atoms with van der Waals surface area (Å²) in [4.78, 5) is 28.3. The van der Waals surface area contributed by atoms with E-state index in [1.54, 1.807) is 16.9 Å². The van der Waals surface area contributed by atoms with E-state index in [4.69, 9.17) is 10.2 Å². The highest BCUT2D eigenvalue weighted by atomic mass is 16.4. The second-order valence-electron chi connectivity index (χ2n) is 9.10. The molecule has 2 amide bonds. The van der Waals surface area contributed by atoms with Gasteiger partial charge in [0, 0.05) is 29.5 Å². The lowest BCUT2D eigenvalue weighted by Gasteiger charge is -2.14. The van der Waals surface area contributed by atoms with Crippen molar-refractivity contribution in [3.8, 4) is 5.69 Å². The lowest BCUT2D eigenvalue weighted by Crippen LogP contribution is -2.21. The van der Waals surface area contributed by atoms with Crippen molar-refractivity contribution in [2.24, 2.45) is 0 Å². The van der Waals surface area contributed by atoms with Crippen LogP contribution in [0.2, 0.25) is 0 Å². The average molecular weight is 458 g/mol. The largest absolute Gasteiger partial charge is 0.481 e. The molecule has 2 aromatic heterocycles. The van der Waals surface area contributed by atoms with Gasteiger partial charge in [-0.1, -0.05) is 51.1 Å². The molecule has 4 rings (SSSR count). The van der Waals surface area contributed by atoms with Crippen LogP contribution in [-0.4, -0.2) is 31.9 Å². The molecule has 3 N–H and O–H groups in total. The zero-order chi connectivity index (χ0) is 24.3. The number of benzene rings is 2. The first-order valence-corrected chi connectivity index (χ1v) is 11.0. The molecule has 0 radical (unpaired) electrons. The Labute approximate surface area is 197 Å². The van der Waals surface area contributed by atoms with E-state index in [0.717, 1.165) is 22.3 Å². The van der Waals surface area contributed by atoms with Crippen molar-refractivity contribution in [1.29, 1.82) is 0 Å². The quantitative estimate of drug-likeness (QED) is 0.360. The van der Waals surface area contributed by atoms with Crippen molar-refractivity contribution in [3.05, 3.63) is 78.1 Å². The molecule has 0 atom stereocenters. The Morgan fingerprint density at radius 3 is 2.53 bits per heavy atom. The van der Waals surface area contributed by atoms with E-state index in [9.17, 15) is 9.59 Å². The molecule has 0 saturated carbocycles. The summed E-state index contributed by atoms with van der Waals surface area (Å²) in [6.07, 6.45) is 2.14. The fraction of sp³-hybridized carbons (Fsp3) is 0.231. The van der Waals surface area contributed by atoms with Gasteiger partial charge >= 0.3 is 12.0 Å². The number of urea groups is 1. The molecule has 0 saturated heterocycles. The van der Waals surface area contributed by atoms with Crippen LogP contribution in [0.25, 0.3) is 16.6 Å². The van der Waals surface area contributed by atoms with Gasteiger partial charge in [0.05, 0.1) is 22.6 Å². The van der Waals surface area contributed by atoms with Crippen LogP contribution in [0, 0.1) is 0 Å².